The van der Waals surface area contributed by atoms with Gasteiger partial charge in [0.05, 0.1) is 0 Å². The third-order valence-corrected chi connectivity index (χ3v) is 3.15. The van der Waals surface area contributed by atoms with Gasteiger partial charge in [-0.3, -0.25) is 0 Å². The van der Waals surface area contributed by atoms with Crippen LogP contribution in [0.2, 0.25) is 0 Å². The molecule has 2 heteroatoms. The molecule has 0 aromatic heterocycles. The molecule has 2 rings (SSSR count). The Labute approximate surface area is 97.7 Å². The number of rotatable bonds is 2. The van der Waals surface area contributed by atoms with Gasteiger partial charge in [0.25, 0.3) is 0 Å². The van der Waals surface area contributed by atoms with Crippen LogP contribution in [0, 0.1) is 5.82 Å². The summed E-state index contributed by atoms with van der Waals surface area (Å²) in [5, 5.41) is 0.876. The van der Waals surface area contributed by atoms with Crippen molar-refractivity contribution in [2.45, 2.75) is 12.8 Å². The molecule has 2 aromatic carbocycles. The molecule has 0 fully saturated rings. The summed E-state index contributed by atoms with van der Waals surface area (Å²) >= 11 is 0. The lowest BCUT2D eigenvalue weighted by Crippen LogP contribution is -2.02. The van der Waals surface area contributed by atoms with Crippen molar-refractivity contribution < 1.29 is 4.39 Å². The molecule has 16 heavy (non-hydrogen) atoms. The molecule has 0 heterocycles. The third-order valence-electron chi connectivity index (χ3n) is 2.79. The maximum absolute atomic E-state index is 13.8. The first kappa shape index (κ1) is 11.3. The van der Waals surface area contributed by atoms with Crippen molar-refractivity contribution in [3.8, 4) is 0 Å². The Bertz CT molecular complexity index is 479. The van der Waals surface area contributed by atoms with Crippen LogP contribution in [0.4, 0.5) is 4.39 Å². The van der Waals surface area contributed by atoms with Gasteiger partial charge in [0.15, 0.2) is 0 Å². The second kappa shape index (κ2) is 4.76. The molecule has 0 amide bonds. The van der Waals surface area contributed by atoms with Crippen molar-refractivity contribution in [3.05, 3.63) is 65.5 Å². The Balaban J connectivity index is 2.38. The van der Waals surface area contributed by atoms with Gasteiger partial charge in [-0.1, -0.05) is 49.4 Å². The molecule has 2 aromatic rings. The van der Waals surface area contributed by atoms with Crippen LogP contribution in [-0.2, 0) is 0 Å². The monoisotopic (exact) mass is 232 g/mol. The van der Waals surface area contributed by atoms with Gasteiger partial charge in [-0.15, -0.1) is 9.24 Å². The summed E-state index contributed by atoms with van der Waals surface area (Å²) in [6.07, 6.45) is 0. The van der Waals surface area contributed by atoms with Gasteiger partial charge >= 0.3 is 0 Å². The first-order chi connectivity index (χ1) is 7.68. The average molecular weight is 232 g/mol. The van der Waals surface area contributed by atoms with Crippen LogP contribution in [0.3, 0.4) is 0 Å². The molecule has 2 atom stereocenters. The van der Waals surface area contributed by atoms with Crippen LogP contribution in [0.1, 0.15) is 24.0 Å². The molecule has 0 aliphatic rings. The zero-order valence-electron chi connectivity index (χ0n) is 9.15. The Morgan fingerprint density at radius 3 is 2.38 bits per heavy atom. The number of hydrogen-bond donors (Lipinski definition) is 0. The lowest BCUT2D eigenvalue weighted by molar-refractivity contribution is 0.604. The predicted molar refractivity (Wildman–Crippen MR) is 69.7 cm³/mol. The van der Waals surface area contributed by atoms with Gasteiger partial charge in [0.1, 0.15) is 5.82 Å². The molecule has 0 bridgehead atoms. The highest BCUT2D eigenvalue weighted by Crippen LogP contribution is 2.25. The summed E-state index contributed by atoms with van der Waals surface area (Å²) < 4.78 is 13.8. The fourth-order valence-electron chi connectivity index (χ4n) is 1.82. The van der Waals surface area contributed by atoms with E-state index in [9.17, 15) is 4.39 Å². The zero-order chi connectivity index (χ0) is 11.5. The van der Waals surface area contributed by atoms with Crippen LogP contribution in [0.25, 0.3) is 0 Å². The summed E-state index contributed by atoms with van der Waals surface area (Å²) in [4.78, 5) is 0. The Morgan fingerprint density at radius 2 is 1.75 bits per heavy atom. The van der Waals surface area contributed by atoms with Crippen LogP contribution in [-0.4, -0.2) is 0 Å². The minimum absolute atomic E-state index is 0.0896. The van der Waals surface area contributed by atoms with Gasteiger partial charge in [-0.2, -0.15) is 0 Å². The molecule has 82 valence electrons. The fourth-order valence-corrected chi connectivity index (χ4v) is 2.06. The molecule has 0 radical (unpaired) electrons. The van der Waals surface area contributed by atoms with E-state index in [0.717, 1.165) is 16.4 Å². The molecule has 0 saturated carbocycles. The van der Waals surface area contributed by atoms with Gasteiger partial charge < -0.3 is 0 Å². The quantitative estimate of drug-likeness (QED) is 0.695. The Kier molecular flexibility index (Phi) is 3.36. The van der Waals surface area contributed by atoms with Crippen molar-refractivity contribution in [1.82, 2.24) is 0 Å². The predicted octanol–water partition coefficient (Wildman–Crippen LogP) is 3.48. The maximum Gasteiger partial charge on any atom is 0.127 e. The summed E-state index contributed by atoms with van der Waals surface area (Å²) in [5.74, 6) is -0.0457. The highest BCUT2D eigenvalue weighted by molar-refractivity contribution is 7.27. The van der Waals surface area contributed by atoms with Gasteiger partial charge in [-0.25, -0.2) is 4.39 Å². The molecule has 2 unspecified atom stereocenters. The molecular weight excluding hydrogens is 218 g/mol. The van der Waals surface area contributed by atoms with E-state index >= 15 is 0 Å². The van der Waals surface area contributed by atoms with E-state index in [4.69, 9.17) is 0 Å². The van der Waals surface area contributed by atoms with E-state index in [-0.39, 0.29) is 11.7 Å². The smallest absolute Gasteiger partial charge is 0.127 e. The normalized spacial score (nSPS) is 12.4. The zero-order valence-corrected chi connectivity index (χ0v) is 10.3. The van der Waals surface area contributed by atoms with Crippen molar-refractivity contribution in [2.24, 2.45) is 0 Å². The van der Waals surface area contributed by atoms with E-state index in [2.05, 4.69) is 9.24 Å². The van der Waals surface area contributed by atoms with Crippen LogP contribution in [0.5, 0.6) is 0 Å². The maximum atomic E-state index is 13.8. The summed E-state index contributed by atoms with van der Waals surface area (Å²) in [6, 6.07) is 15.3. The first-order valence-electron chi connectivity index (χ1n) is 5.28. The SMILES string of the molecule is CC(c1ccccc1)c1ccc(P)cc1F. The van der Waals surface area contributed by atoms with Gasteiger partial charge in [0.2, 0.25) is 0 Å². The second-order valence-corrected chi connectivity index (χ2v) is 4.58. The van der Waals surface area contributed by atoms with E-state index in [0.29, 0.717) is 0 Å². The van der Waals surface area contributed by atoms with Crippen molar-refractivity contribution in [1.29, 1.82) is 0 Å². The summed E-state index contributed by atoms with van der Waals surface area (Å²) in [5.41, 5.74) is 1.88. The van der Waals surface area contributed by atoms with Gasteiger partial charge in [0, 0.05) is 5.92 Å². The lowest BCUT2D eigenvalue weighted by atomic mass is 9.93. The topological polar surface area (TPSA) is 0 Å². The minimum atomic E-state index is -0.135. The summed E-state index contributed by atoms with van der Waals surface area (Å²) in [7, 11) is 2.51. The van der Waals surface area contributed by atoms with Crippen molar-refractivity contribution >= 4 is 14.5 Å². The van der Waals surface area contributed by atoms with E-state index in [1.807, 2.05) is 49.4 Å². The Morgan fingerprint density at radius 1 is 1.06 bits per heavy atom. The minimum Gasteiger partial charge on any atom is -0.207 e. The van der Waals surface area contributed by atoms with Crippen LogP contribution >= 0.6 is 9.24 Å². The third kappa shape index (κ3) is 2.31. The molecule has 0 aliphatic heterocycles. The molecule has 0 saturated heterocycles. The second-order valence-electron chi connectivity index (χ2n) is 3.91. The van der Waals surface area contributed by atoms with E-state index < -0.39 is 0 Å². The Hall–Kier alpha value is -1.20. The molecule has 0 spiro atoms. The highest BCUT2D eigenvalue weighted by atomic mass is 31.0. The van der Waals surface area contributed by atoms with Crippen molar-refractivity contribution in [2.75, 3.05) is 0 Å². The van der Waals surface area contributed by atoms with E-state index in [1.165, 1.54) is 0 Å². The number of hydrogen-bond acceptors (Lipinski definition) is 0. The van der Waals surface area contributed by atoms with Crippen molar-refractivity contribution in [3.63, 3.8) is 0 Å². The lowest BCUT2D eigenvalue weighted by Gasteiger charge is -2.13. The standard InChI is InChI=1S/C14H14FP/c1-10(11-5-3-2-4-6-11)13-8-7-12(16)9-14(13)15/h2-10H,16H2,1H3. The largest absolute Gasteiger partial charge is 0.207 e. The molecule has 0 aliphatic carbocycles. The average Bonchev–Trinajstić information content (AvgIpc) is 2.29. The van der Waals surface area contributed by atoms with Gasteiger partial charge in [-0.05, 0) is 22.5 Å². The molecular formula is C14H14FP. The molecule has 0 N–H and O–H groups in total. The first-order valence-corrected chi connectivity index (χ1v) is 5.86. The summed E-state index contributed by atoms with van der Waals surface area (Å²) in [6.45, 7) is 2.02. The fraction of sp³-hybridized carbons (Fsp3) is 0.143. The van der Waals surface area contributed by atoms with Crippen LogP contribution < -0.4 is 5.30 Å². The molecule has 0 nitrogen and oxygen atoms in total. The number of halogens is 1. The van der Waals surface area contributed by atoms with E-state index in [1.54, 1.807) is 6.07 Å². The number of benzene rings is 2. The van der Waals surface area contributed by atoms with Crippen LogP contribution in [0.15, 0.2) is 48.5 Å². The highest BCUT2D eigenvalue weighted by Gasteiger charge is 2.12.